The third kappa shape index (κ3) is 4.77. The highest BCUT2D eigenvalue weighted by molar-refractivity contribution is 6.07. The number of methoxy groups -OCH3 is 1. The van der Waals surface area contributed by atoms with Crippen molar-refractivity contribution in [1.29, 1.82) is 0 Å². The Labute approximate surface area is 204 Å². The lowest BCUT2D eigenvalue weighted by Crippen LogP contribution is -2.46. The Balaban J connectivity index is 1.44. The summed E-state index contributed by atoms with van der Waals surface area (Å²) in [5.74, 6) is 0.109. The van der Waals surface area contributed by atoms with Crippen LogP contribution in [0.25, 0.3) is 22.6 Å². The van der Waals surface area contributed by atoms with Crippen LogP contribution in [-0.4, -0.2) is 61.3 Å². The lowest BCUT2D eigenvalue weighted by molar-refractivity contribution is -0.141. The van der Waals surface area contributed by atoms with Gasteiger partial charge < -0.3 is 19.1 Å². The summed E-state index contributed by atoms with van der Waals surface area (Å²) in [6.45, 7) is 3.14. The van der Waals surface area contributed by atoms with Crippen LogP contribution in [0.15, 0.2) is 48.5 Å². The average molecular weight is 473 g/mol. The molecule has 7 nitrogen and oxygen atoms in total. The predicted octanol–water partition coefficient (Wildman–Crippen LogP) is 4.13. The Morgan fingerprint density at radius 1 is 1.14 bits per heavy atom. The number of esters is 1. The molecule has 7 heteroatoms. The van der Waals surface area contributed by atoms with Gasteiger partial charge in [0, 0.05) is 18.5 Å². The minimum atomic E-state index is -0.486. The molecule has 0 radical (unpaired) electrons. The molecule has 0 N–H and O–H groups in total. The molecule has 1 aliphatic carbocycles. The number of ether oxygens (including phenoxy) is 3. The van der Waals surface area contributed by atoms with E-state index in [4.69, 9.17) is 19.2 Å². The van der Waals surface area contributed by atoms with E-state index in [0.29, 0.717) is 31.7 Å². The monoisotopic (exact) mass is 472 g/mol. The van der Waals surface area contributed by atoms with Gasteiger partial charge in [-0.15, -0.1) is 0 Å². The highest BCUT2D eigenvalue weighted by Gasteiger charge is 2.29. The first-order valence-corrected chi connectivity index (χ1v) is 11.9. The third-order valence-corrected chi connectivity index (χ3v) is 6.52. The maximum atomic E-state index is 13.3. The fraction of sp³-hybridized carbons (Fsp3) is 0.321. The van der Waals surface area contributed by atoms with Crippen LogP contribution >= 0.6 is 0 Å². The summed E-state index contributed by atoms with van der Waals surface area (Å²) in [5, 5.41) is 0.745. The second kappa shape index (κ2) is 9.88. The number of hydrogen-bond acceptors (Lipinski definition) is 6. The van der Waals surface area contributed by atoms with E-state index < -0.39 is 5.97 Å². The van der Waals surface area contributed by atoms with Crippen LogP contribution in [0.5, 0.6) is 5.75 Å². The summed E-state index contributed by atoms with van der Waals surface area (Å²) in [7, 11) is 1.64. The predicted molar refractivity (Wildman–Crippen MR) is 133 cm³/mol. The van der Waals surface area contributed by atoms with Crippen molar-refractivity contribution in [1.82, 2.24) is 9.88 Å². The topological polar surface area (TPSA) is 78.0 Å². The van der Waals surface area contributed by atoms with Crippen LogP contribution in [0.3, 0.4) is 0 Å². The highest BCUT2D eigenvalue weighted by atomic mass is 16.5. The van der Waals surface area contributed by atoms with Crippen molar-refractivity contribution in [3.05, 3.63) is 70.9 Å². The Morgan fingerprint density at radius 2 is 1.94 bits per heavy atom. The molecule has 3 aromatic rings. The van der Waals surface area contributed by atoms with Gasteiger partial charge in [0.05, 0.1) is 36.6 Å². The number of para-hydroxylation sites is 1. The van der Waals surface area contributed by atoms with Crippen molar-refractivity contribution in [2.24, 2.45) is 0 Å². The van der Waals surface area contributed by atoms with Gasteiger partial charge in [-0.1, -0.05) is 30.3 Å². The standard InChI is InChI=1S/C28H28N2O5/c1-18-16-30(13-14-34-18)25(31)17-35-28(32)26-22-5-3-4-6-24(22)29-27-20(9-12-23(26)27)15-19-7-10-21(33-2)11-8-19/h3-8,10-11,15,18H,9,12-14,16-17H2,1-2H3/b20-15+. The number of morpholine rings is 1. The molecule has 1 fully saturated rings. The average Bonchev–Trinajstić information content (AvgIpc) is 3.27. The number of carbonyl (C=O) groups is 2. The normalized spacial score (nSPS) is 18.5. The van der Waals surface area contributed by atoms with Crippen molar-refractivity contribution < 1.29 is 23.8 Å². The molecular weight excluding hydrogens is 444 g/mol. The molecule has 2 heterocycles. The van der Waals surface area contributed by atoms with Gasteiger partial charge in [0.15, 0.2) is 6.61 Å². The largest absolute Gasteiger partial charge is 0.497 e. The smallest absolute Gasteiger partial charge is 0.339 e. The number of benzene rings is 2. The van der Waals surface area contributed by atoms with E-state index in [-0.39, 0.29) is 18.6 Å². The van der Waals surface area contributed by atoms with E-state index in [0.717, 1.165) is 45.5 Å². The SMILES string of the molecule is COc1ccc(/C=C2\CCc3c2nc2ccccc2c3C(=O)OCC(=O)N2CCOC(C)C2)cc1. The number of nitrogens with zero attached hydrogens (tertiary/aromatic N) is 2. The first kappa shape index (κ1) is 23.1. The van der Waals surface area contributed by atoms with Crippen LogP contribution in [0.4, 0.5) is 0 Å². The minimum absolute atomic E-state index is 0.0216. The Bertz CT molecular complexity index is 1300. The van der Waals surface area contributed by atoms with Gasteiger partial charge in [0.2, 0.25) is 0 Å². The van der Waals surface area contributed by atoms with E-state index in [2.05, 4.69) is 6.08 Å². The number of aromatic nitrogens is 1. The summed E-state index contributed by atoms with van der Waals surface area (Å²) in [4.78, 5) is 32.6. The van der Waals surface area contributed by atoms with E-state index in [9.17, 15) is 9.59 Å². The molecule has 0 bridgehead atoms. The molecule has 5 rings (SSSR count). The fourth-order valence-electron chi connectivity index (χ4n) is 4.75. The Morgan fingerprint density at radius 3 is 2.71 bits per heavy atom. The molecular formula is C28H28N2O5. The molecule has 0 spiro atoms. The molecule has 1 aliphatic heterocycles. The van der Waals surface area contributed by atoms with E-state index >= 15 is 0 Å². The second-order valence-corrected chi connectivity index (χ2v) is 8.87. The summed E-state index contributed by atoms with van der Waals surface area (Å²) in [6.07, 6.45) is 3.54. The number of allylic oxidation sites excluding steroid dienone is 1. The quantitative estimate of drug-likeness (QED) is 0.520. The van der Waals surface area contributed by atoms with Crippen molar-refractivity contribution >= 4 is 34.4 Å². The molecule has 2 aliphatic rings. The lowest BCUT2D eigenvalue weighted by atomic mass is 10.0. The number of carbonyl (C=O) groups excluding carboxylic acids is 2. The molecule has 1 unspecified atom stereocenters. The molecule has 1 aromatic heterocycles. The fourth-order valence-corrected chi connectivity index (χ4v) is 4.75. The first-order valence-electron chi connectivity index (χ1n) is 11.9. The Kier molecular flexibility index (Phi) is 6.51. The summed E-state index contributed by atoms with van der Waals surface area (Å²) >= 11 is 0. The Hall–Kier alpha value is -3.71. The van der Waals surface area contributed by atoms with Crippen LogP contribution in [0.1, 0.15) is 40.5 Å². The maximum absolute atomic E-state index is 13.3. The molecule has 180 valence electrons. The summed E-state index contributed by atoms with van der Waals surface area (Å²) < 4.78 is 16.3. The van der Waals surface area contributed by atoms with Crippen molar-refractivity contribution in [2.75, 3.05) is 33.4 Å². The van der Waals surface area contributed by atoms with Crippen LogP contribution in [-0.2, 0) is 20.7 Å². The van der Waals surface area contributed by atoms with Gasteiger partial charge in [-0.05, 0) is 60.7 Å². The van der Waals surface area contributed by atoms with Crippen LogP contribution in [0, 0.1) is 0 Å². The molecule has 1 saturated heterocycles. The van der Waals surface area contributed by atoms with Gasteiger partial charge in [-0.25, -0.2) is 9.78 Å². The number of pyridine rings is 1. The van der Waals surface area contributed by atoms with Gasteiger partial charge in [-0.2, -0.15) is 0 Å². The van der Waals surface area contributed by atoms with E-state index in [1.54, 1.807) is 12.0 Å². The number of fused-ring (bicyclic) bond motifs is 2. The second-order valence-electron chi connectivity index (χ2n) is 8.87. The molecule has 1 amide bonds. The van der Waals surface area contributed by atoms with Crippen LogP contribution < -0.4 is 4.74 Å². The van der Waals surface area contributed by atoms with Crippen molar-refractivity contribution in [3.8, 4) is 5.75 Å². The van der Waals surface area contributed by atoms with E-state index in [1.165, 1.54) is 0 Å². The van der Waals surface area contributed by atoms with Gasteiger partial charge in [0.25, 0.3) is 5.91 Å². The number of rotatable bonds is 5. The van der Waals surface area contributed by atoms with Crippen molar-refractivity contribution in [2.45, 2.75) is 25.9 Å². The molecule has 2 aromatic carbocycles. The van der Waals surface area contributed by atoms with Gasteiger partial charge in [0.1, 0.15) is 5.75 Å². The zero-order chi connectivity index (χ0) is 24.4. The third-order valence-electron chi connectivity index (χ3n) is 6.52. The van der Waals surface area contributed by atoms with Gasteiger partial charge in [-0.3, -0.25) is 4.79 Å². The minimum Gasteiger partial charge on any atom is -0.497 e. The lowest BCUT2D eigenvalue weighted by Gasteiger charge is -2.31. The molecule has 1 atom stereocenters. The summed E-state index contributed by atoms with van der Waals surface area (Å²) in [6, 6.07) is 15.4. The van der Waals surface area contributed by atoms with Crippen molar-refractivity contribution in [3.63, 3.8) is 0 Å². The highest BCUT2D eigenvalue weighted by Crippen LogP contribution is 2.38. The maximum Gasteiger partial charge on any atom is 0.339 e. The van der Waals surface area contributed by atoms with Gasteiger partial charge >= 0.3 is 5.97 Å². The summed E-state index contributed by atoms with van der Waals surface area (Å²) in [5.41, 5.74) is 5.04. The first-order chi connectivity index (χ1) is 17.0. The van der Waals surface area contributed by atoms with E-state index in [1.807, 2.05) is 55.5 Å². The number of amides is 1. The zero-order valence-electron chi connectivity index (χ0n) is 20.0. The number of hydrogen-bond donors (Lipinski definition) is 0. The molecule has 35 heavy (non-hydrogen) atoms. The van der Waals surface area contributed by atoms with Crippen LogP contribution in [0.2, 0.25) is 0 Å². The zero-order valence-corrected chi connectivity index (χ0v) is 20.0. The molecule has 0 saturated carbocycles.